The molecule has 2 aromatic rings. The summed E-state index contributed by atoms with van der Waals surface area (Å²) < 4.78 is 7.20. The van der Waals surface area contributed by atoms with E-state index in [0.717, 1.165) is 11.4 Å². The van der Waals surface area contributed by atoms with Gasteiger partial charge in [-0.1, -0.05) is 18.4 Å². The van der Waals surface area contributed by atoms with Gasteiger partial charge in [0.05, 0.1) is 17.6 Å². The minimum absolute atomic E-state index is 0.0204. The van der Waals surface area contributed by atoms with Gasteiger partial charge in [-0.25, -0.2) is 4.68 Å². The number of ether oxygens (including phenoxy) is 1. The molecule has 0 saturated heterocycles. The number of carbonyl (C=O) groups is 1. The van der Waals surface area contributed by atoms with E-state index in [1.807, 2.05) is 24.3 Å². The third-order valence-corrected chi connectivity index (χ3v) is 3.02. The third-order valence-electron chi connectivity index (χ3n) is 3.02. The molecular weight excluding hydrogens is 268 g/mol. The van der Waals surface area contributed by atoms with Crippen molar-refractivity contribution in [3.05, 3.63) is 35.0 Å². The summed E-state index contributed by atoms with van der Waals surface area (Å²) in [5.74, 6) is 0.767. The van der Waals surface area contributed by atoms with E-state index in [4.69, 9.17) is 4.74 Å². The molecular formula is C15H18N4O2. The summed E-state index contributed by atoms with van der Waals surface area (Å²) >= 11 is 0. The molecule has 6 heteroatoms. The largest absolute Gasteiger partial charge is 0.494 e. The molecule has 0 aliphatic carbocycles. The lowest BCUT2D eigenvalue weighted by molar-refractivity contribution is -0.120. The fourth-order valence-corrected chi connectivity index (χ4v) is 1.77. The molecule has 1 N–H and O–H groups in total. The maximum absolute atomic E-state index is 11.1. The van der Waals surface area contributed by atoms with Crippen LogP contribution in [0.4, 0.5) is 0 Å². The Morgan fingerprint density at radius 3 is 2.62 bits per heavy atom. The summed E-state index contributed by atoms with van der Waals surface area (Å²) in [5.41, 5.74) is 0.847. The molecule has 6 nitrogen and oxygen atoms in total. The van der Waals surface area contributed by atoms with Crippen molar-refractivity contribution in [2.24, 2.45) is 0 Å². The van der Waals surface area contributed by atoms with Crippen molar-refractivity contribution in [1.29, 1.82) is 0 Å². The van der Waals surface area contributed by atoms with Gasteiger partial charge in [0.25, 0.3) is 0 Å². The molecule has 0 unspecified atom stereocenters. The molecule has 1 aromatic heterocycles. The minimum atomic E-state index is 0.0204. The van der Waals surface area contributed by atoms with Crippen molar-refractivity contribution in [3.63, 3.8) is 0 Å². The van der Waals surface area contributed by atoms with E-state index in [2.05, 4.69) is 28.8 Å². The van der Waals surface area contributed by atoms with E-state index in [-0.39, 0.29) is 5.91 Å². The van der Waals surface area contributed by atoms with Crippen LogP contribution in [0.25, 0.3) is 18.8 Å². The van der Waals surface area contributed by atoms with Gasteiger partial charge in [0.2, 0.25) is 5.91 Å². The highest BCUT2D eigenvalue weighted by Gasteiger charge is 2.02. The van der Waals surface area contributed by atoms with Gasteiger partial charge in [-0.05, 0) is 30.7 Å². The molecule has 1 heterocycles. The fourth-order valence-electron chi connectivity index (χ4n) is 1.77. The smallest absolute Gasteiger partial charge is 0.219 e. The molecule has 0 aliphatic rings. The lowest BCUT2D eigenvalue weighted by atomic mass is 10.3. The first-order valence-corrected chi connectivity index (χ1v) is 6.65. The number of nitrogens with zero attached hydrogens (tertiary/aromatic N) is 3. The molecule has 0 radical (unpaired) electrons. The van der Waals surface area contributed by atoms with Gasteiger partial charge >= 0.3 is 0 Å². The zero-order valence-corrected chi connectivity index (χ0v) is 12.0. The van der Waals surface area contributed by atoms with Crippen molar-refractivity contribution in [1.82, 2.24) is 20.3 Å². The first kappa shape index (κ1) is 14.8. The molecule has 0 atom stereocenters. The molecule has 0 bridgehead atoms. The van der Waals surface area contributed by atoms with Gasteiger partial charge in [-0.2, -0.15) is 0 Å². The van der Waals surface area contributed by atoms with Crippen LogP contribution in [0, 0.1) is 0 Å². The topological polar surface area (TPSA) is 69.0 Å². The first-order valence-electron chi connectivity index (χ1n) is 6.65. The molecule has 110 valence electrons. The maximum Gasteiger partial charge on any atom is 0.219 e. The van der Waals surface area contributed by atoms with Crippen molar-refractivity contribution in [3.8, 4) is 11.4 Å². The van der Waals surface area contributed by atoms with Crippen LogP contribution in [-0.4, -0.2) is 34.6 Å². The average Bonchev–Trinajstić information content (AvgIpc) is 2.84. The number of rotatable bonds is 6. The highest BCUT2D eigenvalue weighted by atomic mass is 16.5. The summed E-state index contributed by atoms with van der Waals surface area (Å²) in [6.45, 7) is 8.11. The third kappa shape index (κ3) is 3.68. The number of hydrogen-bond donors (Lipinski definition) is 1. The van der Waals surface area contributed by atoms with Gasteiger partial charge < -0.3 is 10.1 Å². The van der Waals surface area contributed by atoms with Crippen LogP contribution in [0.2, 0.25) is 0 Å². The van der Waals surface area contributed by atoms with Crippen molar-refractivity contribution >= 4 is 19.1 Å². The summed E-state index contributed by atoms with van der Waals surface area (Å²) in [4.78, 5) is 11.1. The Balaban J connectivity index is 1.93. The number of amides is 1. The van der Waals surface area contributed by atoms with Crippen molar-refractivity contribution in [2.45, 2.75) is 12.8 Å². The fraction of sp³-hybridized carbons (Fsp3) is 0.267. The zero-order chi connectivity index (χ0) is 15.2. The van der Waals surface area contributed by atoms with Crippen molar-refractivity contribution in [2.75, 3.05) is 13.7 Å². The number of carbonyl (C=O) groups excluding carboxylic acids is 1. The van der Waals surface area contributed by atoms with E-state index in [1.165, 1.54) is 0 Å². The monoisotopic (exact) mass is 286 g/mol. The Morgan fingerprint density at radius 2 is 2.05 bits per heavy atom. The zero-order valence-electron chi connectivity index (χ0n) is 12.0. The summed E-state index contributed by atoms with van der Waals surface area (Å²) in [6, 6.07) is 7.44. The SMILES string of the molecule is C=c1nnn(-c2ccc(OCCCC(=O)NC)cc2)c1=C. The van der Waals surface area contributed by atoms with Crippen LogP contribution < -0.4 is 20.8 Å². The second-order valence-electron chi connectivity index (χ2n) is 4.51. The van der Waals surface area contributed by atoms with Gasteiger partial charge in [-0.3, -0.25) is 4.79 Å². The Bertz CT molecular complexity index is 706. The Labute approximate surface area is 122 Å². The predicted octanol–water partition coefficient (Wildman–Crippen LogP) is -0.00710. The van der Waals surface area contributed by atoms with E-state index in [9.17, 15) is 4.79 Å². The van der Waals surface area contributed by atoms with E-state index in [0.29, 0.717) is 30.1 Å². The second kappa shape index (κ2) is 6.69. The van der Waals surface area contributed by atoms with Crippen LogP contribution >= 0.6 is 0 Å². The quantitative estimate of drug-likeness (QED) is 0.759. The normalized spacial score (nSPS) is 10.3. The maximum atomic E-state index is 11.1. The van der Waals surface area contributed by atoms with Gasteiger partial charge in [-0.15, -0.1) is 5.10 Å². The van der Waals surface area contributed by atoms with Gasteiger partial charge in [0.1, 0.15) is 11.1 Å². The number of hydrogen-bond acceptors (Lipinski definition) is 4. The van der Waals surface area contributed by atoms with Crippen LogP contribution in [0.15, 0.2) is 24.3 Å². The molecule has 0 fully saturated rings. The molecule has 0 saturated carbocycles. The minimum Gasteiger partial charge on any atom is -0.494 e. The Morgan fingerprint density at radius 1 is 1.33 bits per heavy atom. The number of aromatic nitrogens is 3. The van der Waals surface area contributed by atoms with Crippen LogP contribution in [0.1, 0.15) is 12.8 Å². The van der Waals surface area contributed by atoms with Crippen LogP contribution in [0.5, 0.6) is 5.75 Å². The van der Waals surface area contributed by atoms with Crippen LogP contribution in [0.3, 0.4) is 0 Å². The molecule has 0 aliphatic heterocycles. The van der Waals surface area contributed by atoms with E-state index in [1.54, 1.807) is 11.7 Å². The standard InChI is InChI=1S/C15H18N4O2/c1-11-12(2)19(18-17-11)13-6-8-14(9-7-13)21-10-4-5-15(20)16-3/h6-9H,1-2,4-5,10H2,3H3,(H,16,20). The summed E-state index contributed by atoms with van der Waals surface area (Å²) in [5, 5.41) is 11.6. The number of benzene rings is 1. The average molecular weight is 286 g/mol. The number of nitrogens with one attached hydrogen (secondary N) is 1. The highest BCUT2D eigenvalue weighted by molar-refractivity contribution is 5.75. The van der Waals surface area contributed by atoms with Crippen LogP contribution in [-0.2, 0) is 4.79 Å². The molecule has 21 heavy (non-hydrogen) atoms. The molecule has 1 amide bonds. The lowest BCUT2D eigenvalue weighted by Gasteiger charge is -2.07. The first-order chi connectivity index (χ1) is 10.1. The van der Waals surface area contributed by atoms with E-state index >= 15 is 0 Å². The Hall–Kier alpha value is -2.63. The summed E-state index contributed by atoms with van der Waals surface area (Å²) in [7, 11) is 1.63. The molecule has 1 aromatic carbocycles. The second-order valence-corrected chi connectivity index (χ2v) is 4.51. The summed E-state index contributed by atoms with van der Waals surface area (Å²) in [6.07, 6.45) is 1.14. The predicted molar refractivity (Wildman–Crippen MR) is 80.4 cm³/mol. The van der Waals surface area contributed by atoms with E-state index < -0.39 is 0 Å². The van der Waals surface area contributed by atoms with Gasteiger partial charge in [0.15, 0.2) is 0 Å². The lowest BCUT2D eigenvalue weighted by Crippen LogP contribution is -2.26. The van der Waals surface area contributed by atoms with Crippen molar-refractivity contribution < 1.29 is 9.53 Å². The molecule has 2 rings (SSSR count). The Kier molecular flexibility index (Phi) is 4.71. The molecule has 0 spiro atoms. The van der Waals surface area contributed by atoms with Gasteiger partial charge in [0, 0.05) is 13.5 Å². The highest BCUT2D eigenvalue weighted by Crippen LogP contribution is 2.13.